The highest BCUT2D eigenvalue weighted by atomic mass is 32.2. The number of rotatable bonds is 9. The molecule has 1 spiro atoms. The Bertz CT molecular complexity index is 864. The zero-order chi connectivity index (χ0) is 22.9. The molecule has 3 heterocycles. The summed E-state index contributed by atoms with van der Waals surface area (Å²) in [6, 6.07) is 9.15. The molecule has 1 aromatic carbocycles. The number of nitrogens with zero attached hydrogens (tertiary/aromatic N) is 1. The number of fused-ring (bicyclic) bond motifs is 1. The van der Waals surface area contributed by atoms with Crippen molar-refractivity contribution >= 4 is 29.5 Å². The predicted octanol–water partition coefficient (Wildman–Crippen LogP) is 1.69. The van der Waals surface area contributed by atoms with Gasteiger partial charge in [0, 0.05) is 31.0 Å². The van der Waals surface area contributed by atoms with Crippen LogP contribution in [-0.2, 0) is 20.9 Å². The molecule has 2 bridgehead atoms. The van der Waals surface area contributed by atoms with Crippen LogP contribution in [-0.4, -0.2) is 63.0 Å². The minimum atomic E-state index is -0.567. The molecule has 3 aliphatic heterocycles. The van der Waals surface area contributed by atoms with Crippen molar-refractivity contribution in [2.24, 2.45) is 11.8 Å². The Morgan fingerprint density at radius 2 is 1.97 bits per heavy atom. The second-order valence-corrected chi connectivity index (χ2v) is 11.0. The number of hydrogen-bond donors (Lipinski definition) is 3. The number of likely N-dealkylation sites (tertiary alicyclic amines) is 1. The molecule has 5 atom stereocenters. The van der Waals surface area contributed by atoms with Gasteiger partial charge >= 0.3 is 0 Å². The van der Waals surface area contributed by atoms with Crippen molar-refractivity contribution in [3.63, 3.8) is 0 Å². The predicted molar refractivity (Wildman–Crippen MR) is 124 cm³/mol. The normalized spacial score (nSPS) is 30.6. The first-order chi connectivity index (χ1) is 15.4. The van der Waals surface area contributed by atoms with Crippen LogP contribution < -0.4 is 10.6 Å². The highest BCUT2D eigenvalue weighted by Crippen LogP contribution is 2.66. The smallest absolute Gasteiger partial charge is 0.244 e. The zero-order valence-corrected chi connectivity index (χ0v) is 19.6. The van der Waals surface area contributed by atoms with Gasteiger partial charge in [-0.05, 0) is 45.1 Å². The van der Waals surface area contributed by atoms with Gasteiger partial charge in [-0.1, -0.05) is 30.3 Å². The van der Waals surface area contributed by atoms with Gasteiger partial charge in [0.15, 0.2) is 0 Å². The summed E-state index contributed by atoms with van der Waals surface area (Å²) in [4.78, 5) is 41.9. The van der Waals surface area contributed by atoms with Gasteiger partial charge in [0.2, 0.25) is 17.7 Å². The van der Waals surface area contributed by atoms with Crippen molar-refractivity contribution < 1.29 is 19.5 Å². The first-order valence-corrected chi connectivity index (χ1v) is 12.5. The topological polar surface area (TPSA) is 98.7 Å². The van der Waals surface area contributed by atoms with Gasteiger partial charge in [-0.15, -0.1) is 11.8 Å². The summed E-state index contributed by atoms with van der Waals surface area (Å²) in [6.07, 6.45) is 2.83. The van der Waals surface area contributed by atoms with Gasteiger partial charge in [0.25, 0.3) is 0 Å². The summed E-state index contributed by atoms with van der Waals surface area (Å²) < 4.78 is -0.547. The molecule has 174 valence electrons. The third kappa shape index (κ3) is 4.03. The number of unbranched alkanes of at least 4 members (excludes halogenated alkanes) is 1. The van der Waals surface area contributed by atoms with Gasteiger partial charge < -0.3 is 20.6 Å². The average molecular weight is 460 g/mol. The maximum absolute atomic E-state index is 13.6. The standard InChI is InChI=1S/C24H33N3O4S/c1-15(2)26-22(30)20-24-11-10-17(32-24)18(19(24)23(31)27(20)12-6-7-13-28)21(29)25-14-16-8-4-3-5-9-16/h3-5,8-9,15,17-20,28H,6-7,10-14H2,1-2H3,(H,25,29)(H,26,30)/t17-,18+,19+,20?,24?/m1/s1. The quantitative estimate of drug-likeness (QED) is 0.488. The average Bonchev–Trinajstić information content (AvgIpc) is 3.40. The molecule has 3 fully saturated rings. The van der Waals surface area contributed by atoms with E-state index in [4.69, 9.17) is 0 Å². The second kappa shape index (κ2) is 9.43. The lowest BCUT2D eigenvalue weighted by atomic mass is 9.70. The van der Waals surface area contributed by atoms with Crippen molar-refractivity contribution in [2.75, 3.05) is 13.2 Å². The number of amides is 3. The van der Waals surface area contributed by atoms with Crippen molar-refractivity contribution in [2.45, 2.75) is 68.2 Å². The Hall–Kier alpha value is -2.06. The van der Waals surface area contributed by atoms with Crippen LogP contribution in [0.3, 0.4) is 0 Å². The zero-order valence-electron chi connectivity index (χ0n) is 18.8. The number of thioether (sulfide) groups is 1. The number of carbonyl (C=O) groups is 3. The fourth-order valence-corrected chi connectivity index (χ4v) is 7.87. The summed E-state index contributed by atoms with van der Waals surface area (Å²) in [5.41, 5.74) is 1.02. The minimum Gasteiger partial charge on any atom is -0.396 e. The van der Waals surface area contributed by atoms with E-state index in [0.29, 0.717) is 25.9 Å². The molecule has 32 heavy (non-hydrogen) atoms. The summed E-state index contributed by atoms with van der Waals surface area (Å²) in [5, 5.41) is 15.3. The van der Waals surface area contributed by atoms with Gasteiger partial charge in [0.1, 0.15) is 6.04 Å². The van der Waals surface area contributed by atoms with Crippen molar-refractivity contribution in [1.82, 2.24) is 15.5 Å². The van der Waals surface area contributed by atoms with E-state index < -0.39 is 22.6 Å². The molecule has 1 aromatic rings. The van der Waals surface area contributed by atoms with E-state index in [1.807, 2.05) is 44.2 Å². The lowest BCUT2D eigenvalue weighted by Gasteiger charge is -2.34. The third-order valence-corrected chi connectivity index (χ3v) is 8.85. The Morgan fingerprint density at radius 1 is 1.22 bits per heavy atom. The highest BCUT2D eigenvalue weighted by Gasteiger charge is 2.73. The van der Waals surface area contributed by atoms with Crippen LogP contribution in [0.15, 0.2) is 30.3 Å². The number of benzene rings is 1. The Kier molecular flexibility index (Phi) is 6.81. The van der Waals surface area contributed by atoms with Crippen molar-refractivity contribution in [3.8, 4) is 0 Å². The van der Waals surface area contributed by atoms with E-state index in [0.717, 1.165) is 18.4 Å². The highest BCUT2D eigenvalue weighted by molar-refractivity contribution is 8.02. The molecule has 7 nitrogen and oxygen atoms in total. The van der Waals surface area contributed by atoms with Gasteiger partial charge in [-0.3, -0.25) is 14.4 Å². The first-order valence-electron chi connectivity index (χ1n) is 11.6. The van der Waals surface area contributed by atoms with E-state index in [1.54, 1.807) is 16.7 Å². The van der Waals surface area contributed by atoms with Crippen LogP contribution in [0.1, 0.15) is 45.1 Å². The number of carbonyl (C=O) groups excluding carboxylic acids is 3. The van der Waals surface area contributed by atoms with Crippen LogP contribution >= 0.6 is 11.8 Å². The molecular formula is C24H33N3O4S. The van der Waals surface area contributed by atoms with Gasteiger partial charge in [0.05, 0.1) is 16.6 Å². The van der Waals surface area contributed by atoms with E-state index >= 15 is 0 Å². The van der Waals surface area contributed by atoms with Crippen LogP contribution in [0.2, 0.25) is 0 Å². The molecule has 3 aliphatic rings. The monoisotopic (exact) mass is 459 g/mol. The summed E-state index contributed by atoms with van der Waals surface area (Å²) in [7, 11) is 0. The minimum absolute atomic E-state index is 0.0269. The second-order valence-electron chi connectivity index (χ2n) is 9.38. The first kappa shape index (κ1) is 23.1. The Balaban J connectivity index is 1.58. The third-order valence-electron chi connectivity index (χ3n) is 6.90. The molecule has 0 aromatic heterocycles. The maximum Gasteiger partial charge on any atom is 0.244 e. The number of hydrogen-bond acceptors (Lipinski definition) is 5. The van der Waals surface area contributed by atoms with Gasteiger partial charge in [-0.2, -0.15) is 0 Å². The Labute approximate surface area is 193 Å². The maximum atomic E-state index is 13.6. The SMILES string of the molecule is CC(C)NC(=O)C1N(CCCCO)C(=O)[C@@H]2[C@@H](C(=O)NCc3ccccc3)[C@H]3CCC12S3. The molecule has 0 aliphatic carbocycles. The molecule has 3 amide bonds. The van der Waals surface area contributed by atoms with Crippen LogP contribution in [0, 0.1) is 11.8 Å². The van der Waals surface area contributed by atoms with E-state index in [1.165, 1.54) is 0 Å². The van der Waals surface area contributed by atoms with E-state index in [-0.39, 0.29) is 35.6 Å². The summed E-state index contributed by atoms with van der Waals surface area (Å²) >= 11 is 1.68. The molecule has 0 radical (unpaired) electrons. The lowest BCUT2D eigenvalue weighted by molar-refractivity contribution is -0.140. The van der Waals surface area contributed by atoms with E-state index in [9.17, 15) is 19.5 Å². The fourth-order valence-electron chi connectivity index (χ4n) is 5.65. The van der Waals surface area contributed by atoms with Crippen LogP contribution in [0.5, 0.6) is 0 Å². The van der Waals surface area contributed by atoms with Crippen molar-refractivity contribution in [3.05, 3.63) is 35.9 Å². The van der Waals surface area contributed by atoms with Gasteiger partial charge in [-0.25, -0.2) is 0 Å². The van der Waals surface area contributed by atoms with Crippen LogP contribution in [0.4, 0.5) is 0 Å². The molecule has 3 saturated heterocycles. The van der Waals surface area contributed by atoms with E-state index in [2.05, 4.69) is 10.6 Å². The molecule has 2 unspecified atom stereocenters. The number of aliphatic hydroxyl groups excluding tert-OH is 1. The summed E-state index contributed by atoms with van der Waals surface area (Å²) in [6.45, 7) is 4.75. The molecule has 4 rings (SSSR count). The Morgan fingerprint density at radius 3 is 2.66 bits per heavy atom. The molecule has 8 heteroatoms. The molecular weight excluding hydrogens is 426 g/mol. The number of nitrogens with one attached hydrogen (secondary N) is 2. The molecule has 3 N–H and O–H groups in total. The summed E-state index contributed by atoms with van der Waals surface area (Å²) in [5.74, 6) is -1.19. The van der Waals surface area contributed by atoms with Crippen molar-refractivity contribution in [1.29, 1.82) is 0 Å². The lowest BCUT2D eigenvalue weighted by Crippen LogP contribution is -2.54. The number of aliphatic hydroxyl groups is 1. The largest absolute Gasteiger partial charge is 0.396 e. The van der Waals surface area contributed by atoms with Crippen LogP contribution in [0.25, 0.3) is 0 Å². The fraction of sp³-hybridized carbons (Fsp3) is 0.625. The molecule has 0 saturated carbocycles.